The molecular formula is C7H15N3O2. The van der Waals surface area contributed by atoms with Crippen LogP contribution in [-0.2, 0) is 4.74 Å². The molecule has 0 aliphatic rings. The lowest BCUT2D eigenvalue weighted by Gasteiger charge is -2.19. The molecule has 12 heavy (non-hydrogen) atoms. The van der Waals surface area contributed by atoms with Crippen LogP contribution in [0.2, 0.25) is 0 Å². The quantitative estimate of drug-likeness (QED) is 0.418. The molecule has 0 aromatic heterocycles. The summed E-state index contributed by atoms with van der Waals surface area (Å²) in [7, 11) is 0. The summed E-state index contributed by atoms with van der Waals surface area (Å²) in [4.78, 5) is 10.9. The van der Waals surface area contributed by atoms with Crippen LogP contribution in [0.25, 0.3) is 0 Å². The predicted octanol–water partition coefficient (Wildman–Crippen LogP) is 0.447. The molecule has 5 nitrogen and oxygen atoms in total. The molecule has 0 heterocycles. The van der Waals surface area contributed by atoms with Crippen molar-refractivity contribution in [3.05, 3.63) is 0 Å². The van der Waals surface area contributed by atoms with Gasteiger partial charge in [0.05, 0.1) is 0 Å². The first-order chi connectivity index (χ1) is 5.31. The number of hydrogen-bond acceptors (Lipinski definition) is 3. The van der Waals surface area contributed by atoms with Gasteiger partial charge in [-0.3, -0.25) is 5.41 Å². The lowest BCUT2D eigenvalue weighted by molar-refractivity contribution is 0.152. The predicted molar refractivity (Wildman–Crippen MR) is 46.2 cm³/mol. The van der Waals surface area contributed by atoms with Crippen molar-refractivity contribution in [3.8, 4) is 0 Å². The molecule has 4 N–H and O–H groups in total. The van der Waals surface area contributed by atoms with Crippen LogP contribution in [0.5, 0.6) is 0 Å². The molecule has 0 bridgehead atoms. The molecule has 0 unspecified atom stereocenters. The Kier molecular flexibility index (Phi) is 3.53. The molecule has 0 aromatic rings. The summed E-state index contributed by atoms with van der Waals surface area (Å²) in [6, 6.07) is 0. The Morgan fingerprint density at radius 1 is 1.58 bits per heavy atom. The monoisotopic (exact) mass is 173 g/mol. The van der Waals surface area contributed by atoms with Gasteiger partial charge < -0.3 is 15.8 Å². The summed E-state index contributed by atoms with van der Waals surface area (Å²) in [6.07, 6.45) is -0.558. The number of rotatable bonds is 2. The molecule has 0 aliphatic heterocycles. The Morgan fingerprint density at radius 2 is 2.08 bits per heavy atom. The summed E-state index contributed by atoms with van der Waals surface area (Å²) in [5.41, 5.74) is 4.66. The van der Waals surface area contributed by atoms with Gasteiger partial charge in [0.25, 0.3) is 0 Å². The van der Waals surface area contributed by atoms with Crippen LogP contribution >= 0.6 is 0 Å². The average Bonchev–Trinajstić information content (AvgIpc) is 1.79. The standard InChI is InChI=1S/C7H15N3O2/c1-7(2,3)10-6(11)12-4-5(8)9/h4H2,1-3H3,(H3,8,9)(H,10,11). The van der Waals surface area contributed by atoms with E-state index in [1.807, 2.05) is 20.8 Å². The minimum atomic E-state index is -0.558. The molecule has 0 spiro atoms. The maximum absolute atomic E-state index is 10.9. The smallest absolute Gasteiger partial charge is 0.407 e. The number of nitrogens with one attached hydrogen (secondary N) is 2. The van der Waals surface area contributed by atoms with E-state index in [-0.39, 0.29) is 18.0 Å². The third-order valence-electron chi connectivity index (χ3n) is 0.836. The van der Waals surface area contributed by atoms with E-state index in [1.54, 1.807) is 0 Å². The second-order valence-electron chi connectivity index (χ2n) is 3.48. The van der Waals surface area contributed by atoms with Crippen molar-refractivity contribution in [2.45, 2.75) is 26.3 Å². The number of carbonyl (C=O) groups excluding carboxylic acids is 1. The Labute approximate surface area is 71.8 Å². The Morgan fingerprint density at radius 3 is 2.42 bits per heavy atom. The van der Waals surface area contributed by atoms with Gasteiger partial charge in [-0.05, 0) is 20.8 Å². The molecule has 0 saturated heterocycles. The number of carbonyl (C=O) groups is 1. The molecule has 0 saturated carbocycles. The Bertz CT molecular complexity index is 184. The summed E-state index contributed by atoms with van der Waals surface area (Å²) in [5.74, 6) is -0.168. The first kappa shape index (κ1) is 10.7. The molecule has 0 rings (SSSR count). The van der Waals surface area contributed by atoms with Gasteiger partial charge in [-0.15, -0.1) is 0 Å². The highest BCUT2D eigenvalue weighted by atomic mass is 16.5. The van der Waals surface area contributed by atoms with Crippen LogP contribution in [0.3, 0.4) is 0 Å². The van der Waals surface area contributed by atoms with E-state index in [0.717, 1.165) is 0 Å². The van der Waals surface area contributed by atoms with E-state index in [0.29, 0.717) is 0 Å². The van der Waals surface area contributed by atoms with Crippen LogP contribution in [0, 0.1) is 5.41 Å². The van der Waals surface area contributed by atoms with Crippen molar-refractivity contribution >= 4 is 11.9 Å². The number of amidine groups is 1. The highest BCUT2D eigenvalue weighted by Crippen LogP contribution is 1.98. The van der Waals surface area contributed by atoms with Crippen molar-refractivity contribution in [1.29, 1.82) is 5.41 Å². The maximum atomic E-state index is 10.9. The number of hydrogen-bond donors (Lipinski definition) is 3. The van der Waals surface area contributed by atoms with Gasteiger partial charge in [-0.25, -0.2) is 4.79 Å². The number of amides is 1. The molecule has 1 amide bonds. The van der Waals surface area contributed by atoms with E-state index in [4.69, 9.17) is 11.1 Å². The van der Waals surface area contributed by atoms with Gasteiger partial charge in [0, 0.05) is 5.54 Å². The van der Waals surface area contributed by atoms with E-state index in [2.05, 4.69) is 10.1 Å². The van der Waals surface area contributed by atoms with Crippen LogP contribution in [0.15, 0.2) is 0 Å². The van der Waals surface area contributed by atoms with E-state index in [9.17, 15) is 4.79 Å². The average molecular weight is 173 g/mol. The zero-order chi connectivity index (χ0) is 9.78. The van der Waals surface area contributed by atoms with Crippen molar-refractivity contribution in [1.82, 2.24) is 5.32 Å². The van der Waals surface area contributed by atoms with Crippen molar-refractivity contribution in [2.75, 3.05) is 6.61 Å². The fourth-order valence-electron chi connectivity index (χ4n) is 0.486. The molecule has 0 atom stereocenters. The fraction of sp³-hybridized carbons (Fsp3) is 0.714. The van der Waals surface area contributed by atoms with E-state index >= 15 is 0 Å². The van der Waals surface area contributed by atoms with Crippen molar-refractivity contribution in [3.63, 3.8) is 0 Å². The summed E-state index contributed by atoms with van der Waals surface area (Å²) < 4.78 is 4.58. The summed E-state index contributed by atoms with van der Waals surface area (Å²) >= 11 is 0. The van der Waals surface area contributed by atoms with Gasteiger partial charge in [0.1, 0.15) is 12.4 Å². The first-order valence-corrected chi connectivity index (χ1v) is 3.59. The Hall–Kier alpha value is -1.26. The summed E-state index contributed by atoms with van der Waals surface area (Å²) in [6.45, 7) is 5.34. The third-order valence-corrected chi connectivity index (χ3v) is 0.836. The van der Waals surface area contributed by atoms with Gasteiger partial charge in [0.15, 0.2) is 0 Å². The largest absolute Gasteiger partial charge is 0.441 e. The first-order valence-electron chi connectivity index (χ1n) is 3.59. The lowest BCUT2D eigenvalue weighted by Crippen LogP contribution is -2.41. The second kappa shape index (κ2) is 3.94. The topological polar surface area (TPSA) is 88.2 Å². The van der Waals surface area contributed by atoms with Crippen LogP contribution < -0.4 is 11.1 Å². The number of alkyl carbamates (subject to hydrolysis) is 1. The lowest BCUT2D eigenvalue weighted by atomic mass is 10.1. The SMILES string of the molecule is CC(C)(C)NC(=O)OCC(=N)N. The second-order valence-corrected chi connectivity index (χ2v) is 3.48. The van der Waals surface area contributed by atoms with Gasteiger partial charge >= 0.3 is 6.09 Å². The molecule has 5 heteroatoms. The highest BCUT2D eigenvalue weighted by Gasteiger charge is 2.14. The fourth-order valence-corrected chi connectivity index (χ4v) is 0.486. The Balaban J connectivity index is 3.68. The third kappa shape index (κ3) is 6.85. The molecule has 0 radical (unpaired) electrons. The van der Waals surface area contributed by atoms with Crippen LogP contribution in [-0.4, -0.2) is 24.1 Å². The van der Waals surface area contributed by atoms with Crippen molar-refractivity contribution < 1.29 is 9.53 Å². The molecule has 70 valence electrons. The summed E-state index contributed by atoms with van der Waals surface area (Å²) in [5, 5.41) is 9.35. The van der Waals surface area contributed by atoms with E-state index in [1.165, 1.54) is 0 Å². The zero-order valence-corrected chi connectivity index (χ0v) is 7.60. The van der Waals surface area contributed by atoms with Crippen LogP contribution in [0.4, 0.5) is 4.79 Å². The minimum absolute atomic E-state index is 0.165. The van der Waals surface area contributed by atoms with Crippen molar-refractivity contribution in [2.24, 2.45) is 5.73 Å². The molecule has 0 aromatic carbocycles. The molecular weight excluding hydrogens is 158 g/mol. The zero-order valence-electron chi connectivity index (χ0n) is 7.60. The van der Waals surface area contributed by atoms with E-state index < -0.39 is 6.09 Å². The van der Waals surface area contributed by atoms with Crippen LogP contribution in [0.1, 0.15) is 20.8 Å². The number of nitrogens with two attached hydrogens (primary N) is 1. The highest BCUT2D eigenvalue weighted by molar-refractivity contribution is 5.80. The maximum Gasteiger partial charge on any atom is 0.407 e. The normalized spacial score (nSPS) is 10.6. The van der Waals surface area contributed by atoms with Gasteiger partial charge in [0.2, 0.25) is 0 Å². The molecule has 0 fully saturated rings. The minimum Gasteiger partial charge on any atom is -0.441 e. The molecule has 0 aliphatic carbocycles. The van der Waals surface area contributed by atoms with Gasteiger partial charge in [-0.2, -0.15) is 0 Å². The van der Waals surface area contributed by atoms with Gasteiger partial charge in [-0.1, -0.05) is 0 Å². The number of ether oxygens (including phenoxy) is 1.